The largest absolute Gasteiger partial charge is 0.480 e. The highest BCUT2D eigenvalue weighted by atomic mass is 16.4. The van der Waals surface area contributed by atoms with Gasteiger partial charge in [-0.15, -0.1) is 0 Å². The second kappa shape index (κ2) is 13.1. The summed E-state index contributed by atoms with van der Waals surface area (Å²) in [5.41, 5.74) is 11.5. The van der Waals surface area contributed by atoms with E-state index < -0.39 is 54.3 Å². The van der Waals surface area contributed by atoms with E-state index in [1.807, 2.05) is 0 Å². The molecule has 0 radical (unpaired) electrons. The van der Waals surface area contributed by atoms with Crippen molar-refractivity contribution in [3.05, 3.63) is 35.9 Å². The van der Waals surface area contributed by atoms with Crippen LogP contribution in [-0.4, -0.2) is 59.4 Å². The molecule has 0 saturated carbocycles. The van der Waals surface area contributed by atoms with Gasteiger partial charge in [-0.05, 0) is 17.9 Å². The lowest BCUT2D eigenvalue weighted by Gasteiger charge is -2.23. The fourth-order valence-corrected chi connectivity index (χ4v) is 2.80. The Morgan fingerprint density at radius 2 is 1.62 bits per heavy atom. The summed E-state index contributed by atoms with van der Waals surface area (Å²) in [7, 11) is 0. The Bertz CT molecular complexity index is 814. The van der Waals surface area contributed by atoms with Crippen molar-refractivity contribution in [3.63, 3.8) is 0 Å². The van der Waals surface area contributed by atoms with Gasteiger partial charge in [0.15, 0.2) is 0 Å². The molecule has 0 aromatic heterocycles. The zero-order valence-electron chi connectivity index (χ0n) is 18.2. The molecule has 3 unspecified atom stereocenters. The molecule has 176 valence electrons. The molecule has 0 saturated heterocycles. The predicted molar refractivity (Wildman–Crippen MR) is 116 cm³/mol. The minimum absolute atomic E-state index is 0.0357. The molecule has 1 aromatic carbocycles. The van der Waals surface area contributed by atoms with Gasteiger partial charge in [-0.2, -0.15) is 0 Å². The van der Waals surface area contributed by atoms with Crippen LogP contribution in [0.15, 0.2) is 30.3 Å². The fraction of sp³-hybridized carbons (Fsp3) is 0.476. The van der Waals surface area contributed by atoms with Gasteiger partial charge in [-0.3, -0.25) is 19.2 Å². The summed E-state index contributed by atoms with van der Waals surface area (Å²) in [5.74, 6) is -4.06. The molecule has 11 heteroatoms. The SMILES string of the molecule is CC(C)C(NC(=O)C(N)CCC(N)=O)C(=O)NCC(=O)NC(Cc1ccccc1)C(=O)O. The highest BCUT2D eigenvalue weighted by Crippen LogP contribution is 2.05. The number of carbonyl (C=O) groups excluding carboxylic acids is 4. The molecule has 32 heavy (non-hydrogen) atoms. The molecule has 3 atom stereocenters. The molecule has 1 rings (SSSR count). The molecule has 1 aromatic rings. The van der Waals surface area contributed by atoms with Crippen molar-refractivity contribution < 1.29 is 29.1 Å². The van der Waals surface area contributed by atoms with Gasteiger partial charge >= 0.3 is 5.97 Å². The van der Waals surface area contributed by atoms with Gasteiger partial charge in [0.2, 0.25) is 23.6 Å². The third-order valence-corrected chi connectivity index (χ3v) is 4.62. The maximum atomic E-state index is 12.5. The summed E-state index contributed by atoms with van der Waals surface area (Å²) in [6.07, 6.45) is 0.0543. The van der Waals surface area contributed by atoms with Gasteiger partial charge in [0.1, 0.15) is 12.1 Å². The number of nitrogens with two attached hydrogens (primary N) is 2. The summed E-state index contributed by atoms with van der Waals surface area (Å²) < 4.78 is 0. The smallest absolute Gasteiger partial charge is 0.326 e. The zero-order chi connectivity index (χ0) is 24.3. The first-order chi connectivity index (χ1) is 15.0. The maximum Gasteiger partial charge on any atom is 0.326 e. The van der Waals surface area contributed by atoms with Crippen LogP contribution in [-0.2, 0) is 30.4 Å². The van der Waals surface area contributed by atoms with E-state index in [4.69, 9.17) is 11.5 Å². The minimum atomic E-state index is -1.20. The molecule has 0 fully saturated rings. The van der Waals surface area contributed by atoms with Crippen molar-refractivity contribution in [1.82, 2.24) is 16.0 Å². The van der Waals surface area contributed by atoms with Crippen LogP contribution in [0.2, 0.25) is 0 Å². The van der Waals surface area contributed by atoms with E-state index in [1.54, 1.807) is 44.2 Å². The van der Waals surface area contributed by atoms with E-state index in [1.165, 1.54) is 0 Å². The molecule has 8 N–H and O–H groups in total. The van der Waals surface area contributed by atoms with E-state index in [0.717, 1.165) is 5.56 Å². The zero-order valence-corrected chi connectivity index (χ0v) is 18.2. The summed E-state index contributed by atoms with van der Waals surface area (Å²) >= 11 is 0. The number of rotatable bonds is 13. The lowest BCUT2D eigenvalue weighted by molar-refractivity contribution is -0.141. The van der Waals surface area contributed by atoms with E-state index in [2.05, 4.69) is 16.0 Å². The van der Waals surface area contributed by atoms with Gasteiger partial charge in [0.05, 0.1) is 12.6 Å². The molecular weight excluding hydrogens is 418 g/mol. The Labute approximate surface area is 186 Å². The number of hydrogen-bond acceptors (Lipinski definition) is 6. The Balaban J connectivity index is 2.61. The van der Waals surface area contributed by atoms with Crippen LogP contribution in [0, 0.1) is 5.92 Å². The predicted octanol–water partition coefficient (Wildman–Crippen LogP) is -1.35. The van der Waals surface area contributed by atoms with Crippen molar-refractivity contribution >= 4 is 29.6 Å². The third-order valence-electron chi connectivity index (χ3n) is 4.62. The van der Waals surface area contributed by atoms with Crippen molar-refractivity contribution in [2.24, 2.45) is 17.4 Å². The number of amides is 4. The number of hydrogen-bond donors (Lipinski definition) is 6. The fourth-order valence-electron chi connectivity index (χ4n) is 2.80. The Kier molecular flexibility index (Phi) is 10.8. The molecular formula is C21H31N5O6. The highest BCUT2D eigenvalue weighted by molar-refractivity contribution is 5.92. The highest BCUT2D eigenvalue weighted by Gasteiger charge is 2.27. The second-order valence-electron chi connectivity index (χ2n) is 7.71. The topological polar surface area (TPSA) is 194 Å². The van der Waals surface area contributed by atoms with Gasteiger partial charge < -0.3 is 32.5 Å². The van der Waals surface area contributed by atoms with Crippen LogP contribution >= 0.6 is 0 Å². The van der Waals surface area contributed by atoms with Crippen molar-refractivity contribution in [2.75, 3.05) is 6.54 Å². The number of primary amides is 1. The van der Waals surface area contributed by atoms with Crippen LogP contribution in [0.1, 0.15) is 32.3 Å². The summed E-state index contributed by atoms with van der Waals surface area (Å²) in [6.45, 7) is 2.92. The average Bonchev–Trinajstić information content (AvgIpc) is 2.73. The normalized spacial score (nSPS) is 13.5. The standard InChI is InChI=1S/C21H31N5O6/c1-12(2)18(26-19(29)14(22)8-9-16(23)27)20(30)24-11-17(28)25-15(21(31)32)10-13-6-4-3-5-7-13/h3-7,12,14-15,18H,8-11,22H2,1-2H3,(H2,23,27)(H,24,30)(H,25,28)(H,26,29)(H,31,32). The Morgan fingerprint density at radius 3 is 2.16 bits per heavy atom. The third kappa shape index (κ3) is 9.56. The van der Waals surface area contributed by atoms with E-state index in [-0.39, 0.29) is 25.2 Å². The van der Waals surface area contributed by atoms with Crippen LogP contribution < -0.4 is 27.4 Å². The number of carboxylic acid groups (broad SMARTS) is 1. The molecule has 0 aliphatic heterocycles. The minimum Gasteiger partial charge on any atom is -0.480 e. The van der Waals surface area contributed by atoms with Gasteiger partial charge in [0.25, 0.3) is 0 Å². The van der Waals surface area contributed by atoms with Crippen LogP contribution in [0.5, 0.6) is 0 Å². The van der Waals surface area contributed by atoms with Crippen LogP contribution in [0.3, 0.4) is 0 Å². The summed E-state index contributed by atoms with van der Waals surface area (Å²) in [6, 6.07) is 5.64. The molecule has 4 amide bonds. The molecule has 0 spiro atoms. The molecule has 0 heterocycles. The number of benzene rings is 1. The number of nitrogens with one attached hydrogen (secondary N) is 3. The first kappa shape index (κ1) is 26.6. The Morgan fingerprint density at radius 1 is 1.00 bits per heavy atom. The van der Waals surface area contributed by atoms with Crippen molar-refractivity contribution in [1.29, 1.82) is 0 Å². The van der Waals surface area contributed by atoms with E-state index >= 15 is 0 Å². The molecule has 0 bridgehead atoms. The Hall–Kier alpha value is -3.47. The van der Waals surface area contributed by atoms with Gasteiger partial charge in [0, 0.05) is 12.8 Å². The summed E-state index contributed by atoms with van der Waals surface area (Å²) in [5, 5.41) is 16.6. The molecule has 0 aliphatic rings. The first-order valence-electron chi connectivity index (χ1n) is 10.2. The summed E-state index contributed by atoms with van der Waals surface area (Å²) in [4.78, 5) is 59.2. The van der Waals surface area contributed by atoms with Crippen molar-refractivity contribution in [3.8, 4) is 0 Å². The quantitative estimate of drug-likeness (QED) is 0.214. The number of carbonyl (C=O) groups is 5. The lowest BCUT2D eigenvalue weighted by Crippen LogP contribution is -2.55. The molecule has 0 aliphatic carbocycles. The molecule has 11 nitrogen and oxygen atoms in total. The number of aliphatic carboxylic acids is 1. The van der Waals surface area contributed by atoms with Crippen LogP contribution in [0.4, 0.5) is 0 Å². The average molecular weight is 450 g/mol. The number of carboxylic acids is 1. The first-order valence-corrected chi connectivity index (χ1v) is 10.2. The lowest BCUT2D eigenvalue weighted by atomic mass is 10.0. The van der Waals surface area contributed by atoms with Gasteiger partial charge in [-0.1, -0.05) is 44.2 Å². The van der Waals surface area contributed by atoms with Crippen LogP contribution in [0.25, 0.3) is 0 Å². The monoisotopic (exact) mass is 449 g/mol. The second-order valence-corrected chi connectivity index (χ2v) is 7.71. The van der Waals surface area contributed by atoms with Gasteiger partial charge in [-0.25, -0.2) is 4.79 Å². The van der Waals surface area contributed by atoms with Crippen molar-refractivity contribution in [2.45, 2.75) is 51.2 Å². The van der Waals surface area contributed by atoms with E-state index in [9.17, 15) is 29.1 Å². The maximum absolute atomic E-state index is 12.5. The van der Waals surface area contributed by atoms with E-state index in [0.29, 0.717) is 0 Å².